The highest BCUT2D eigenvalue weighted by Crippen LogP contribution is 2.25. The van der Waals surface area contributed by atoms with Gasteiger partial charge in [-0.05, 0) is 38.3 Å². The summed E-state index contributed by atoms with van der Waals surface area (Å²) >= 11 is 0. The van der Waals surface area contributed by atoms with Crippen LogP contribution in [0.15, 0.2) is 35.3 Å². The fraction of sp³-hybridized carbons (Fsp3) is 0.250. The number of amides is 1. The second kappa shape index (κ2) is 6.07. The van der Waals surface area contributed by atoms with Crippen LogP contribution in [0.5, 0.6) is 0 Å². The van der Waals surface area contributed by atoms with Crippen LogP contribution in [0.25, 0.3) is 16.3 Å². The monoisotopic (exact) mass is 349 g/mol. The zero-order chi connectivity index (χ0) is 18.4. The number of carboxylic acid groups (broad SMARTS) is 1. The highest BCUT2D eigenvalue weighted by molar-refractivity contribution is 6.44. The summed E-state index contributed by atoms with van der Waals surface area (Å²) in [5, 5.41) is 17.2. The van der Waals surface area contributed by atoms with Gasteiger partial charge in [-0.15, -0.1) is 0 Å². The van der Waals surface area contributed by atoms with Crippen LogP contribution in [0.3, 0.4) is 0 Å². The molecule has 6 heteroatoms. The van der Waals surface area contributed by atoms with Gasteiger partial charge < -0.3 is 15.3 Å². The van der Waals surface area contributed by atoms with Crippen molar-refractivity contribution in [3.63, 3.8) is 0 Å². The minimum atomic E-state index is -1.20. The van der Waals surface area contributed by atoms with Crippen molar-refractivity contribution in [1.82, 2.24) is 4.90 Å². The molecule has 2 N–H and O–H groups in total. The molecule has 0 fully saturated rings. The number of nitrogens with zero attached hydrogens (tertiary/aromatic N) is 2. The zero-order valence-electron chi connectivity index (χ0n) is 14.7. The molecule has 0 radical (unpaired) electrons. The molecular weight excluding hydrogens is 330 g/mol. The van der Waals surface area contributed by atoms with Crippen LogP contribution in [0, 0.1) is 10.4 Å². The molecule has 0 saturated carbocycles. The van der Waals surface area contributed by atoms with Crippen molar-refractivity contribution >= 4 is 33.9 Å². The highest BCUT2D eigenvalue weighted by Gasteiger charge is 2.29. The number of carbonyl (C=O) groups excluding carboxylic acids is 1. The second-order valence-electron chi connectivity index (χ2n) is 6.78. The van der Waals surface area contributed by atoms with Gasteiger partial charge in [0.2, 0.25) is 0 Å². The molecule has 2 aliphatic carbocycles. The van der Waals surface area contributed by atoms with E-state index in [0.29, 0.717) is 10.9 Å². The molecule has 4 rings (SSSR count). The molecule has 0 unspecified atom stereocenters. The Kier molecular flexibility index (Phi) is 3.85. The average Bonchev–Trinajstić information content (AvgIpc) is 3.08. The van der Waals surface area contributed by atoms with E-state index in [2.05, 4.69) is 10.2 Å². The molecule has 0 bridgehead atoms. The van der Waals surface area contributed by atoms with Gasteiger partial charge in [-0.2, -0.15) is 0 Å². The van der Waals surface area contributed by atoms with Crippen molar-refractivity contribution < 1.29 is 14.7 Å². The molecule has 1 aromatic rings. The van der Waals surface area contributed by atoms with Gasteiger partial charge >= 0.3 is 5.97 Å². The Bertz CT molecular complexity index is 1210. The van der Waals surface area contributed by atoms with Crippen molar-refractivity contribution in [3.8, 4) is 0 Å². The van der Waals surface area contributed by atoms with E-state index in [9.17, 15) is 14.7 Å². The van der Waals surface area contributed by atoms with Crippen molar-refractivity contribution in [1.29, 1.82) is 0 Å². The van der Waals surface area contributed by atoms with Crippen molar-refractivity contribution in [2.45, 2.75) is 6.42 Å². The number of fused-ring (bicyclic) bond motifs is 3. The molecule has 3 aliphatic rings. The summed E-state index contributed by atoms with van der Waals surface area (Å²) in [6.45, 7) is 1.71. The normalized spacial score (nSPS) is 14.7. The van der Waals surface area contributed by atoms with E-state index in [1.165, 1.54) is 0 Å². The van der Waals surface area contributed by atoms with Crippen LogP contribution in [0.1, 0.15) is 6.42 Å². The number of hydrogen-bond acceptors (Lipinski definition) is 4. The molecular formula is C20H19N3O3. The van der Waals surface area contributed by atoms with Gasteiger partial charge in [0.15, 0.2) is 0 Å². The van der Waals surface area contributed by atoms with Crippen LogP contribution < -0.4 is 15.9 Å². The van der Waals surface area contributed by atoms with Gasteiger partial charge in [0.05, 0.1) is 11.0 Å². The van der Waals surface area contributed by atoms with Crippen LogP contribution in [-0.2, 0) is 9.59 Å². The van der Waals surface area contributed by atoms with Gasteiger partial charge in [0, 0.05) is 27.8 Å². The minimum absolute atomic E-state index is 0.187. The van der Waals surface area contributed by atoms with Gasteiger partial charge in [-0.1, -0.05) is 24.3 Å². The first-order valence-corrected chi connectivity index (χ1v) is 8.54. The predicted octanol–water partition coefficient (Wildman–Crippen LogP) is 0.761. The third kappa shape index (κ3) is 2.42. The first-order chi connectivity index (χ1) is 12.5. The Morgan fingerprint density at radius 1 is 1.15 bits per heavy atom. The lowest BCUT2D eigenvalue weighted by Gasteiger charge is -2.06. The number of anilines is 1. The van der Waals surface area contributed by atoms with Crippen molar-refractivity contribution in [3.05, 3.63) is 51.3 Å². The molecule has 132 valence electrons. The Balaban J connectivity index is 1.99. The molecule has 1 aliphatic heterocycles. The molecule has 0 saturated heterocycles. The summed E-state index contributed by atoms with van der Waals surface area (Å²) in [6, 6.07) is 9.62. The number of benzene rings is 1. The maximum atomic E-state index is 12.1. The van der Waals surface area contributed by atoms with E-state index < -0.39 is 11.9 Å². The van der Waals surface area contributed by atoms with Gasteiger partial charge in [-0.3, -0.25) is 9.79 Å². The Hall–Kier alpha value is -2.99. The first-order valence-electron chi connectivity index (χ1n) is 8.54. The number of aliphatic carboxylic acids is 1. The number of nitrogens with one attached hydrogen (secondary N) is 1. The van der Waals surface area contributed by atoms with E-state index in [1.54, 1.807) is 0 Å². The fourth-order valence-corrected chi connectivity index (χ4v) is 3.68. The summed E-state index contributed by atoms with van der Waals surface area (Å²) in [6.07, 6.45) is 0.970. The van der Waals surface area contributed by atoms with E-state index in [-0.39, 0.29) is 5.57 Å². The van der Waals surface area contributed by atoms with Crippen LogP contribution in [-0.4, -0.2) is 49.1 Å². The minimum Gasteiger partial charge on any atom is -0.477 e. The van der Waals surface area contributed by atoms with Crippen LogP contribution >= 0.6 is 0 Å². The first kappa shape index (κ1) is 16.5. The summed E-state index contributed by atoms with van der Waals surface area (Å²) in [5.41, 5.74) is 0.408. The van der Waals surface area contributed by atoms with E-state index in [1.807, 2.05) is 44.4 Å². The number of rotatable bonds is 5. The summed E-state index contributed by atoms with van der Waals surface area (Å²) < 4.78 is 0. The molecule has 26 heavy (non-hydrogen) atoms. The molecule has 0 atom stereocenters. The maximum Gasteiger partial charge on any atom is 0.342 e. The van der Waals surface area contributed by atoms with Gasteiger partial charge in [-0.25, -0.2) is 4.79 Å². The number of carboxylic acids is 1. The number of carbonyl (C=O) groups is 2. The zero-order valence-corrected chi connectivity index (χ0v) is 14.7. The molecule has 0 aromatic heterocycles. The standard InChI is InChI=1S/C20H19N3O3/c1-23(2)10-4-9-21-14-8-7-12-15-11(14)5-3-6-13(15)18-16(12)17(20(25)26)19(24)22-18/h3,5-8H,4,9-10H2,1-2H3,(H,22,24)(H,25,26). The second-order valence-corrected chi connectivity index (χ2v) is 6.78. The summed E-state index contributed by atoms with van der Waals surface area (Å²) in [7, 11) is 4.08. The predicted molar refractivity (Wildman–Crippen MR) is 98.9 cm³/mol. The van der Waals surface area contributed by atoms with Crippen LogP contribution in [0.4, 0.5) is 5.69 Å². The molecule has 0 spiro atoms. The largest absolute Gasteiger partial charge is 0.477 e. The van der Waals surface area contributed by atoms with Crippen molar-refractivity contribution in [2.24, 2.45) is 4.99 Å². The molecule has 1 amide bonds. The third-order valence-corrected chi connectivity index (χ3v) is 4.78. The lowest BCUT2D eigenvalue weighted by Crippen LogP contribution is -2.17. The van der Waals surface area contributed by atoms with Gasteiger partial charge in [0.1, 0.15) is 5.57 Å². The maximum absolute atomic E-state index is 12.1. The average molecular weight is 349 g/mol. The smallest absolute Gasteiger partial charge is 0.342 e. The Labute approximate surface area is 149 Å². The molecule has 6 nitrogen and oxygen atoms in total. The van der Waals surface area contributed by atoms with E-state index in [0.717, 1.165) is 46.1 Å². The molecule has 1 aromatic carbocycles. The van der Waals surface area contributed by atoms with Gasteiger partial charge in [0.25, 0.3) is 5.91 Å². The van der Waals surface area contributed by atoms with E-state index >= 15 is 0 Å². The van der Waals surface area contributed by atoms with Crippen LogP contribution in [0.2, 0.25) is 0 Å². The highest BCUT2D eigenvalue weighted by atomic mass is 16.4. The fourth-order valence-electron chi connectivity index (χ4n) is 3.68. The quantitative estimate of drug-likeness (QED) is 0.667. The summed E-state index contributed by atoms with van der Waals surface area (Å²) in [4.78, 5) is 30.5. The topological polar surface area (TPSA) is 82.0 Å². The third-order valence-electron chi connectivity index (χ3n) is 4.78. The lowest BCUT2D eigenvalue weighted by atomic mass is 10.1. The Morgan fingerprint density at radius 3 is 2.65 bits per heavy atom. The lowest BCUT2D eigenvalue weighted by molar-refractivity contribution is -0.131. The van der Waals surface area contributed by atoms with Crippen molar-refractivity contribution in [2.75, 3.05) is 32.5 Å². The molecule has 1 heterocycles. The Morgan fingerprint density at radius 2 is 1.92 bits per heavy atom. The SMILES string of the molecule is CN(C)CCCN=c1ccc2c3c(c4cccc1c4=2)NC(=O)C=3C(=O)O. The van der Waals surface area contributed by atoms with E-state index in [4.69, 9.17) is 4.99 Å². The summed E-state index contributed by atoms with van der Waals surface area (Å²) in [5.74, 6) is -1.76. The number of hydrogen-bond donors (Lipinski definition) is 2.